The molecule has 1 aliphatic rings. The molecule has 1 amide bonds. The van der Waals surface area contributed by atoms with Crippen molar-refractivity contribution in [3.05, 3.63) is 99.1 Å². The molecule has 5 nitrogen and oxygen atoms in total. The lowest BCUT2D eigenvalue weighted by Gasteiger charge is -2.20. The first-order valence-corrected chi connectivity index (χ1v) is 10.3. The molecule has 0 aliphatic heterocycles. The van der Waals surface area contributed by atoms with Crippen molar-refractivity contribution >= 4 is 34.8 Å². The molecule has 0 heterocycles. The van der Waals surface area contributed by atoms with E-state index in [-0.39, 0.29) is 40.2 Å². The SMILES string of the molecule is Cc1ccc(CN(C)CC(=O)Nc2cc3c(cc2Cl)C(=O)c2ccccc2C3=O)cc1. The van der Waals surface area contributed by atoms with Crippen molar-refractivity contribution in [1.29, 1.82) is 0 Å². The zero-order valence-electron chi connectivity index (χ0n) is 17.2. The fraction of sp³-hybridized carbons (Fsp3) is 0.160. The van der Waals surface area contributed by atoms with Gasteiger partial charge in [0.25, 0.3) is 0 Å². The highest BCUT2D eigenvalue weighted by Gasteiger charge is 2.30. The Bertz CT molecular complexity index is 1200. The third-order valence-electron chi connectivity index (χ3n) is 5.27. The molecule has 0 saturated heterocycles. The number of halogens is 1. The number of hydrogen-bond donors (Lipinski definition) is 1. The molecule has 3 aromatic carbocycles. The Balaban J connectivity index is 1.50. The van der Waals surface area contributed by atoms with Crippen molar-refractivity contribution in [1.82, 2.24) is 4.90 Å². The summed E-state index contributed by atoms with van der Waals surface area (Å²) in [6, 6.07) is 17.8. The second-order valence-corrected chi connectivity index (χ2v) is 8.19. The van der Waals surface area contributed by atoms with Crippen LogP contribution in [0.4, 0.5) is 5.69 Å². The van der Waals surface area contributed by atoms with Gasteiger partial charge in [0, 0.05) is 28.8 Å². The highest BCUT2D eigenvalue weighted by Crippen LogP contribution is 2.33. The Morgan fingerprint density at radius 1 is 0.903 bits per heavy atom. The Kier molecular flexibility index (Phi) is 5.72. The molecule has 0 atom stereocenters. The summed E-state index contributed by atoms with van der Waals surface area (Å²) >= 11 is 6.33. The first-order chi connectivity index (χ1) is 14.8. The van der Waals surface area contributed by atoms with E-state index in [1.54, 1.807) is 24.3 Å². The van der Waals surface area contributed by atoms with Crippen LogP contribution < -0.4 is 5.32 Å². The number of carbonyl (C=O) groups is 3. The minimum Gasteiger partial charge on any atom is -0.324 e. The van der Waals surface area contributed by atoms with Crippen molar-refractivity contribution in [2.45, 2.75) is 13.5 Å². The van der Waals surface area contributed by atoms with Crippen LogP contribution in [0.3, 0.4) is 0 Å². The summed E-state index contributed by atoms with van der Waals surface area (Å²) in [4.78, 5) is 40.1. The Morgan fingerprint density at radius 3 is 2.10 bits per heavy atom. The summed E-state index contributed by atoms with van der Waals surface area (Å²) in [5, 5.41) is 2.99. The average molecular weight is 433 g/mol. The van der Waals surface area contributed by atoms with E-state index in [4.69, 9.17) is 11.6 Å². The predicted molar refractivity (Wildman–Crippen MR) is 121 cm³/mol. The van der Waals surface area contributed by atoms with E-state index in [1.165, 1.54) is 17.7 Å². The van der Waals surface area contributed by atoms with Crippen LogP contribution in [0.15, 0.2) is 60.7 Å². The quantitative estimate of drug-likeness (QED) is 0.504. The first kappa shape index (κ1) is 21.0. The second-order valence-electron chi connectivity index (χ2n) is 7.79. The first-order valence-electron chi connectivity index (χ1n) is 9.89. The van der Waals surface area contributed by atoms with Gasteiger partial charge >= 0.3 is 0 Å². The van der Waals surface area contributed by atoms with E-state index in [0.29, 0.717) is 23.4 Å². The molecule has 0 spiro atoms. The van der Waals surface area contributed by atoms with Gasteiger partial charge < -0.3 is 5.32 Å². The molecule has 31 heavy (non-hydrogen) atoms. The number of benzene rings is 3. The third kappa shape index (κ3) is 4.29. The third-order valence-corrected chi connectivity index (χ3v) is 5.59. The monoisotopic (exact) mass is 432 g/mol. The van der Waals surface area contributed by atoms with Crippen LogP contribution in [0.25, 0.3) is 0 Å². The van der Waals surface area contributed by atoms with Crippen molar-refractivity contribution < 1.29 is 14.4 Å². The lowest BCUT2D eigenvalue weighted by molar-refractivity contribution is -0.117. The van der Waals surface area contributed by atoms with Crippen molar-refractivity contribution in [3.8, 4) is 0 Å². The van der Waals surface area contributed by atoms with E-state index in [9.17, 15) is 14.4 Å². The van der Waals surface area contributed by atoms with Gasteiger partial charge in [0.2, 0.25) is 5.91 Å². The van der Waals surface area contributed by atoms with E-state index in [1.807, 2.05) is 43.1 Å². The maximum absolute atomic E-state index is 12.9. The summed E-state index contributed by atoms with van der Waals surface area (Å²) < 4.78 is 0. The molecule has 0 radical (unpaired) electrons. The predicted octanol–water partition coefficient (Wildman–Crippen LogP) is 4.49. The molecule has 3 aromatic rings. The van der Waals surface area contributed by atoms with Crippen LogP contribution in [0.1, 0.15) is 43.0 Å². The number of amides is 1. The molecule has 1 N–H and O–H groups in total. The van der Waals surface area contributed by atoms with Gasteiger partial charge in [-0.1, -0.05) is 65.7 Å². The molecule has 1 aliphatic carbocycles. The fourth-order valence-corrected chi connectivity index (χ4v) is 3.92. The van der Waals surface area contributed by atoms with Gasteiger partial charge in [-0.15, -0.1) is 0 Å². The number of rotatable bonds is 5. The van der Waals surface area contributed by atoms with Crippen LogP contribution >= 0.6 is 11.6 Å². The number of anilines is 1. The highest BCUT2D eigenvalue weighted by atomic mass is 35.5. The van der Waals surface area contributed by atoms with Gasteiger partial charge in [-0.25, -0.2) is 0 Å². The van der Waals surface area contributed by atoms with Gasteiger partial charge in [-0.3, -0.25) is 19.3 Å². The summed E-state index contributed by atoms with van der Waals surface area (Å²) in [5.74, 6) is -0.761. The summed E-state index contributed by atoms with van der Waals surface area (Å²) in [7, 11) is 1.85. The zero-order valence-corrected chi connectivity index (χ0v) is 18.0. The average Bonchev–Trinajstić information content (AvgIpc) is 2.74. The number of carbonyl (C=O) groups excluding carboxylic acids is 3. The number of likely N-dealkylation sites (N-methyl/N-ethyl adjacent to an activating group) is 1. The zero-order chi connectivity index (χ0) is 22.1. The summed E-state index contributed by atoms with van der Waals surface area (Å²) in [6.45, 7) is 2.80. The Labute approximate surface area is 185 Å². The topological polar surface area (TPSA) is 66.5 Å². The standard InChI is InChI=1S/C25H21ClN2O3/c1-15-7-9-16(10-8-15)13-28(2)14-23(29)27-22-12-20-19(11-21(22)26)24(30)17-5-3-4-6-18(17)25(20)31/h3-12H,13-14H2,1-2H3,(H,27,29). The van der Waals surface area contributed by atoms with Crippen LogP contribution in [0.5, 0.6) is 0 Å². The Morgan fingerprint density at radius 2 is 1.48 bits per heavy atom. The molecule has 0 saturated carbocycles. The van der Waals surface area contributed by atoms with Crippen LogP contribution in [0, 0.1) is 6.92 Å². The van der Waals surface area contributed by atoms with Crippen LogP contribution in [0.2, 0.25) is 5.02 Å². The summed E-state index contributed by atoms with van der Waals surface area (Å²) in [5.41, 5.74) is 3.83. The molecular formula is C25H21ClN2O3. The molecule has 4 rings (SSSR count). The summed E-state index contributed by atoms with van der Waals surface area (Å²) in [6.07, 6.45) is 0. The maximum Gasteiger partial charge on any atom is 0.238 e. The lowest BCUT2D eigenvalue weighted by atomic mass is 9.84. The molecule has 0 aromatic heterocycles. The molecular weight excluding hydrogens is 412 g/mol. The van der Waals surface area contributed by atoms with Gasteiger partial charge in [0.15, 0.2) is 11.6 Å². The minimum atomic E-state index is -0.258. The van der Waals surface area contributed by atoms with Gasteiger partial charge in [-0.2, -0.15) is 0 Å². The number of fused-ring (bicyclic) bond motifs is 2. The Hall–Kier alpha value is -3.28. The normalized spacial score (nSPS) is 12.5. The fourth-order valence-electron chi connectivity index (χ4n) is 3.71. The van der Waals surface area contributed by atoms with Crippen LogP contribution in [-0.4, -0.2) is 36.0 Å². The molecule has 0 fully saturated rings. The van der Waals surface area contributed by atoms with Gasteiger partial charge in [0.1, 0.15) is 0 Å². The van der Waals surface area contributed by atoms with Crippen molar-refractivity contribution in [3.63, 3.8) is 0 Å². The van der Waals surface area contributed by atoms with Crippen LogP contribution in [-0.2, 0) is 11.3 Å². The molecule has 0 bridgehead atoms. The largest absolute Gasteiger partial charge is 0.324 e. The van der Waals surface area contributed by atoms with Gasteiger partial charge in [0.05, 0.1) is 17.3 Å². The second kappa shape index (κ2) is 8.46. The number of ketones is 2. The smallest absolute Gasteiger partial charge is 0.238 e. The van der Waals surface area contributed by atoms with Gasteiger partial charge in [-0.05, 0) is 31.7 Å². The molecule has 0 unspecified atom stereocenters. The van der Waals surface area contributed by atoms with Crippen molar-refractivity contribution in [2.24, 2.45) is 0 Å². The van der Waals surface area contributed by atoms with E-state index < -0.39 is 0 Å². The van der Waals surface area contributed by atoms with E-state index in [0.717, 1.165) is 5.56 Å². The minimum absolute atomic E-state index is 0.150. The number of nitrogens with zero attached hydrogens (tertiary/aromatic N) is 1. The number of nitrogens with one attached hydrogen (secondary N) is 1. The molecule has 6 heteroatoms. The molecule has 156 valence electrons. The number of aryl methyl sites for hydroxylation is 1. The van der Waals surface area contributed by atoms with Crippen molar-refractivity contribution in [2.75, 3.05) is 18.9 Å². The maximum atomic E-state index is 12.9. The van der Waals surface area contributed by atoms with E-state index >= 15 is 0 Å². The highest BCUT2D eigenvalue weighted by molar-refractivity contribution is 6.36. The number of hydrogen-bond acceptors (Lipinski definition) is 4. The lowest BCUT2D eigenvalue weighted by Crippen LogP contribution is -2.30. The van der Waals surface area contributed by atoms with E-state index in [2.05, 4.69) is 5.32 Å².